The van der Waals surface area contributed by atoms with Crippen LogP contribution in [0.15, 0.2) is 47.1 Å². The fourth-order valence-electron chi connectivity index (χ4n) is 1.90. The zero-order chi connectivity index (χ0) is 13.0. The molecule has 18 heavy (non-hydrogen) atoms. The Bertz CT molecular complexity index is 483. The van der Waals surface area contributed by atoms with E-state index in [2.05, 4.69) is 20.9 Å². The number of benzene rings is 1. The fraction of sp³-hybridized carbons (Fsp3) is 0.214. The lowest BCUT2D eigenvalue weighted by molar-refractivity contribution is 0.175. The number of nitrogens with zero attached hydrogens (tertiary/aromatic N) is 1. The van der Waals surface area contributed by atoms with Gasteiger partial charge in [-0.25, -0.2) is 4.98 Å². The summed E-state index contributed by atoms with van der Waals surface area (Å²) in [5.41, 5.74) is 7.72. The van der Waals surface area contributed by atoms with E-state index < -0.39 is 6.10 Å². The lowest BCUT2D eigenvalue weighted by Gasteiger charge is -2.11. The first kappa shape index (κ1) is 13.1. The molecule has 2 aromatic rings. The number of aliphatic hydroxyl groups is 1. The standard InChI is InChI=1S/C14H15BrN2O/c15-12-3-1-2-10(6-12)7-13(18)8-11-4-5-17-14(16)9-11/h1-6,9,13,18H,7-8H2,(H2,16,17). The average Bonchev–Trinajstić information content (AvgIpc) is 2.28. The van der Waals surface area contributed by atoms with Crippen LogP contribution in [-0.4, -0.2) is 16.2 Å². The normalized spacial score (nSPS) is 12.3. The Balaban J connectivity index is 1.98. The maximum atomic E-state index is 10.1. The zero-order valence-corrected chi connectivity index (χ0v) is 11.5. The molecule has 3 nitrogen and oxygen atoms in total. The van der Waals surface area contributed by atoms with Crippen molar-refractivity contribution in [2.45, 2.75) is 18.9 Å². The summed E-state index contributed by atoms with van der Waals surface area (Å²) < 4.78 is 1.03. The predicted octanol–water partition coefficient (Wildman–Crippen LogP) is 2.57. The Kier molecular flexibility index (Phi) is 4.33. The lowest BCUT2D eigenvalue weighted by Crippen LogP contribution is -2.14. The second-order valence-corrected chi connectivity index (χ2v) is 5.20. The van der Waals surface area contributed by atoms with Gasteiger partial charge < -0.3 is 10.8 Å². The third-order valence-corrected chi connectivity index (χ3v) is 3.17. The van der Waals surface area contributed by atoms with Gasteiger partial charge in [0.2, 0.25) is 0 Å². The van der Waals surface area contributed by atoms with Gasteiger partial charge >= 0.3 is 0 Å². The van der Waals surface area contributed by atoms with E-state index in [0.29, 0.717) is 18.7 Å². The van der Waals surface area contributed by atoms with Crippen molar-refractivity contribution in [3.05, 3.63) is 58.2 Å². The summed E-state index contributed by atoms with van der Waals surface area (Å²) in [6.45, 7) is 0. The van der Waals surface area contributed by atoms with E-state index in [4.69, 9.17) is 5.73 Å². The molecule has 0 saturated carbocycles. The number of nitrogen functional groups attached to an aromatic ring is 1. The van der Waals surface area contributed by atoms with Gasteiger partial charge in [-0.2, -0.15) is 0 Å². The third kappa shape index (κ3) is 3.82. The van der Waals surface area contributed by atoms with E-state index in [1.54, 1.807) is 12.3 Å². The molecule has 0 bridgehead atoms. The van der Waals surface area contributed by atoms with Gasteiger partial charge in [-0.1, -0.05) is 28.1 Å². The Morgan fingerprint density at radius 2 is 1.89 bits per heavy atom. The van der Waals surface area contributed by atoms with E-state index in [1.165, 1.54) is 0 Å². The molecule has 0 fully saturated rings. The molecule has 3 N–H and O–H groups in total. The summed E-state index contributed by atoms with van der Waals surface area (Å²) in [5.74, 6) is 0.488. The molecular weight excluding hydrogens is 292 g/mol. The van der Waals surface area contributed by atoms with Crippen molar-refractivity contribution >= 4 is 21.7 Å². The van der Waals surface area contributed by atoms with Crippen LogP contribution < -0.4 is 5.73 Å². The number of aliphatic hydroxyl groups excluding tert-OH is 1. The minimum absolute atomic E-state index is 0.416. The molecule has 4 heteroatoms. The summed E-state index contributed by atoms with van der Waals surface area (Å²) in [7, 11) is 0. The molecule has 0 radical (unpaired) electrons. The number of hydrogen-bond donors (Lipinski definition) is 2. The molecule has 0 aliphatic rings. The molecule has 0 spiro atoms. The van der Waals surface area contributed by atoms with Gasteiger partial charge in [0.05, 0.1) is 6.10 Å². The first-order valence-electron chi connectivity index (χ1n) is 5.76. The largest absolute Gasteiger partial charge is 0.392 e. The highest BCUT2D eigenvalue weighted by molar-refractivity contribution is 9.10. The van der Waals surface area contributed by atoms with Gasteiger partial charge in [0.25, 0.3) is 0 Å². The molecule has 2 rings (SSSR count). The Hall–Kier alpha value is -1.39. The van der Waals surface area contributed by atoms with Gasteiger partial charge in [0.15, 0.2) is 0 Å². The number of pyridine rings is 1. The third-order valence-electron chi connectivity index (χ3n) is 2.68. The van der Waals surface area contributed by atoms with Crippen LogP contribution in [0.25, 0.3) is 0 Å². The summed E-state index contributed by atoms with van der Waals surface area (Å²) in [6, 6.07) is 11.6. The van der Waals surface area contributed by atoms with Crippen LogP contribution in [0.3, 0.4) is 0 Å². The smallest absolute Gasteiger partial charge is 0.123 e. The number of halogens is 1. The van der Waals surface area contributed by atoms with Gasteiger partial charge in [0.1, 0.15) is 5.82 Å². The average molecular weight is 307 g/mol. The molecule has 0 saturated heterocycles. The van der Waals surface area contributed by atoms with Crippen molar-refractivity contribution in [1.82, 2.24) is 4.98 Å². The first-order chi connectivity index (χ1) is 8.63. The van der Waals surface area contributed by atoms with Crippen molar-refractivity contribution in [3.63, 3.8) is 0 Å². The molecule has 1 aromatic heterocycles. The fourth-order valence-corrected chi connectivity index (χ4v) is 2.35. The molecule has 1 atom stereocenters. The molecule has 1 heterocycles. The van der Waals surface area contributed by atoms with Gasteiger partial charge in [-0.05, 0) is 48.2 Å². The minimum Gasteiger partial charge on any atom is -0.392 e. The van der Waals surface area contributed by atoms with Crippen molar-refractivity contribution < 1.29 is 5.11 Å². The Labute approximate surface area is 115 Å². The summed E-state index contributed by atoms with van der Waals surface area (Å²) in [4.78, 5) is 3.93. The molecule has 1 aromatic carbocycles. The SMILES string of the molecule is Nc1cc(CC(O)Cc2cccc(Br)c2)ccn1. The molecule has 0 aliphatic heterocycles. The van der Waals surface area contributed by atoms with Crippen molar-refractivity contribution in [3.8, 4) is 0 Å². The molecule has 1 unspecified atom stereocenters. The second-order valence-electron chi connectivity index (χ2n) is 4.28. The Morgan fingerprint density at radius 1 is 1.17 bits per heavy atom. The topological polar surface area (TPSA) is 59.1 Å². The minimum atomic E-state index is -0.416. The molecular formula is C14H15BrN2O. The van der Waals surface area contributed by atoms with E-state index in [0.717, 1.165) is 15.6 Å². The van der Waals surface area contributed by atoms with Gasteiger partial charge in [-0.3, -0.25) is 0 Å². The van der Waals surface area contributed by atoms with Gasteiger partial charge in [0, 0.05) is 10.7 Å². The van der Waals surface area contributed by atoms with E-state index >= 15 is 0 Å². The number of anilines is 1. The maximum Gasteiger partial charge on any atom is 0.123 e. The lowest BCUT2D eigenvalue weighted by atomic mass is 10.0. The van der Waals surface area contributed by atoms with E-state index in [1.807, 2.05) is 30.3 Å². The molecule has 0 aliphatic carbocycles. The number of rotatable bonds is 4. The quantitative estimate of drug-likeness (QED) is 0.912. The van der Waals surface area contributed by atoms with Gasteiger partial charge in [-0.15, -0.1) is 0 Å². The van der Waals surface area contributed by atoms with E-state index in [9.17, 15) is 5.11 Å². The van der Waals surface area contributed by atoms with Crippen molar-refractivity contribution in [1.29, 1.82) is 0 Å². The van der Waals surface area contributed by atoms with Crippen LogP contribution >= 0.6 is 15.9 Å². The monoisotopic (exact) mass is 306 g/mol. The van der Waals surface area contributed by atoms with Crippen molar-refractivity contribution in [2.24, 2.45) is 0 Å². The zero-order valence-electron chi connectivity index (χ0n) is 9.88. The van der Waals surface area contributed by atoms with Crippen LogP contribution in [0.5, 0.6) is 0 Å². The highest BCUT2D eigenvalue weighted by atomic mass is 79.9. The van der Waals surface area contributed by atoms with Crippen LogP contribution in [0.4, 0.5) is 5.82 Å². The molecule has 94 valence electrons. The number of hydrogen-bond acceptors (Lipinski definition) is 3. The van der Waals surface area contributed by atoms with Crippen LogP contribution in [-0.2, 0) is 12.8 Å². The summed E-state index contributed by atoms with van der Waals surface area (Å²) in [6.07, 6.45) is 2.46. The predicted molar refractivity (Wildman–Crippen MR) is 76.2 cm³/mol. The second kappa shape index (κ2) is 5.98. The summed E-state index contributed by atoms with van der Waals surface area (Å²) >= 11 is 3.42. The highest BCUT2D eigenvalue weighted by Gasteiger charge is 2.07. The van der Waals surface area contributed by atoms with Crippen LogP contribution in [0.1, 0.15) is 11.1 Å². The highest BCUT2D eigenvalue weighted by Crippen LogP contribution is 2.15. The van der Waals surface area contributed by atoms with Crippen LogP contribution in [0.2, 0.25) is 0 Å². The van der Waals surface area contributed by atoms with E-state index in [-0.39, 0.29) is 0 Å². The number of aromatic nitrogens is 1. The number of nitrogens with two attached hydrogens (primary N) is 1. The maximum absolute atomic E-state index is 10.1. The van der Waals surface area contributed by atoms with Crippen LogP contribution in [0, 0.1) is 0 Å². The first-order valence-corrected chi connectivity index (χ1v) is 6.55. The van der Waals surface area contributed by atoms with Crippen molar-refractivity contribution in [2.75, 3.05) is 5.73 Å². The Morgan fingerprint density at radius 3 is 2.56 bits per heavy atom. The molecule has 0 amide bonds. The summed E-state index contributed by atoms with van der Waals surface area (Å²) in [5, 5.41) is 10.1.